The summed E-state index contributed by atoms with van der Waals surface area (Å²) in [6.07, 6.45) is 5.67. The fourth-order valence-corrected chi connectivity index (χ4v) is 2.79. The van der Waals surface area contributed by atoms with Gasteiger partial charge in [0.05, 0.1) is 11.8 Å². The number of aromatic nitrogens is 3. The Bertz CT molecular complexity index is 666. The molecule has 1 aliphatic heterocycles. The maximum atomic E-state index is 9.16. The molecule has 0 spiro atoms. The minimum atomic E-state index is 0.561. The SMILES string of the molecule is Cc1cnn(CC2CN(c3ncc(Br)cc3C#N)C2)c1. The van der Waals surface area contributed by atoms with Gasteiger partial charge < -0.3 is 4.90 Å². The Balaban J connectivity index is 1.64. The van der Waals surface area contributed by atoms with Gasteiger partial charge in [0.15, 0.2) is 0 Å². The predicted molar refractivity (Wildman–Crippen MR) is 79.3 cm³/mol. The van der Waals surface area contributed by atoms with Crippen molar-refractivity contribution in [2.45, 2.75) is 13.5 Å². The van der Waals surface area contributed by atoms with Crippen molar-refractivity contribution in [1.82, 2.24) is 14.8 Å². The second-order valence-corrected chi connectivity index (χ2v) is 6.06. The topological polar surface area (TPSA) is 57.7 Å². The summed E-state index contributed by atoms with van der Waals surface area (Å²) in [7, 11) is 0. The van der Waals surface area contributed by atoms with Crippen LogP contribution in [0.25, 0.3) is 0 Å². The van der Waals surface area contributed by atoms with Gasteiger partial charge in [0.25, 0.3) is 0 Å². The summed E-state index contributed by atoms with van der Waals surface area (Å²) in [5.74, 6) is 1.34. The molecule has 0 aliphatic carbocycles. The molecule has 0 amide bonds. The molecule has 3 heterocycles. The molecule has 102 valence electrons. The van der Waals surface area contributed by atoms with Crippen LogP contribution in [-0.4, -0.2) is 27.9 Å². The second-order valence-electron chi connectivity index (χ2n) is 5.15. The monoisotopic (exact) mass is 331 g/mol. The normalized spacial score (nSPS) is 14.9. The summed E-state index contributed by atoms with van der Waals surface area (Å²) in [5.41, 5.74) is 1.80. The van der Waals surface area contributed by atoms with Gasteiger partial charge in [-0.05, 0) is 34.5 Å². The Morgan fingerprint density at radius 2 is 2.25 bits per heavy atom. The smallest absolute Gasteiger partial charge is 0.146 e. The van der Waals surface area contributed by atoms with E-state index in [2.05, 4.69) is 43.2 Å². The summed E-state index contributed by atoms with van der Waals surface area (Å²) in [5, 5.41) is 13.5. The second kappa shape index (κ2) is 5.25. The first-order chi connectivity index (χ1) is 9.65. The first kappa shape index (κ1) is 13.1. The maximum absolute atomic E-state index is 9.16. The van der Waals surface area contributed by atoms with Crippen LogP contribution in [0.3, 0.4) is 0 Å². The standard InChI is InChI=1S/C14H14BrN5/c1-10-4-18-20(6-10)9-11-7-19(8-11)14-12(3-16)2-13(15)5-17-14/h2,4-6,11H,7-9H2,1H3. The van der Waals surface area contributed by atoms with Gasteiger partial charge in [0.2, 0.25) is 0 Å². The predicted octanol–water partition coefficient (Wildman–Crippen LogP) is 2.36. The van der Waals surface area contributed by atoms with E-state index >= 15 is 0 Å². The fourth-order valence-electron chi connectivity index (χ4n) is 2.46. The minimum Gasteiger partial charge on any atom is -0.355 e. The molecule has 1 saturated heterocycles. The van der Waals surface area contributed by atoms with E-state index in [1.54, 1.807) is 6.20 Å². The van der Waals surface area contributed by atoms with Gasteiger partial charge in [-0.1, -0.05) is 0 Å². The van der Waals surface area contributed by atoms with Crippen LogP contribution < -0.4 is 4.90 Å². The van der Waals surface area contributed by atoms with Crippen molar-refractivity contribution in [1.29, 1.82) is 5.26 Å². The highest BCUT2D eigenvalue weighted by atomic mass is 79.9. The number of anilines is 1. The summed E-state index contributed by atoms with van der Waals surface area (Å²) in [6.45, 7) is 4.80. The molecule has 0 bridgehead atoms. The van der Waals surface area contributed by atoms with E-state index in [0.29, 0.717) is 11.5 Å². The third kappa shape index (κ3) is 2.54. The fraction of sp³-hybridized carbons (Fsp3) is 0.357. The maximum Gasteiger partial charge on any atom is 0.146 e. The zero-order chi connectivity index (χ0) is 14.1. The lowest BCUT2D eigenvalue weighted by Gasteiger charge is -2.40. The molecule has 0 saturated carbocycles. The average molecular weight is 332 g/mol. The van der Waals surface area contributed by atoms with E-state index in [9.17, 15) is 0 Å². The molecule has 1 aliphatic rings. The van der Waals surface area contributed by atoms with Crippen molar-refractivity contribution < 1.29 is 0 Å². The van der Waals surface area contributed by atoms with Crippen molar-refractivity contribution >= 4 is 21.7 Å². The zero-order valence-corrected chi connectivity index (χ0v) is 12.7. The van der Waals surface area contributed by atoms with Crippen molar-refractivity contribution in [2.24, 2.45) is 5.92 Å². The first-order valence-electron chi connectivity index (χ1n) is 6.45. The number of halogens is 1. The molecule has 1 fully saturated rings. The minimum absolute atomic E-state index is 0.561. The lowest BCUT2D eigenvalue weighted by atomic mass is 9.99. The van der Waals surface area contributed by atoms with Gasteiger partial charge in [-0.2, -0.15) is 10.4 Å². The lowest BCUT2D eigenvalue weighted by molar-refractivity contribution is 0.340. The quantitative estimate of drug-likeness (QED) is 0.866. The van der Waals surface area contributed by atoms with E-state index < -0.39 is 0 Å². The van der Waals surface area contributed by atoms with E-state index in [1.165, 1.54) is 5.56 Å². The van der Waals surface area contributed by atoms with Crippen molar-refractivity contribution in [3.8, 4) is 6.07 Å². The molecule has 2 aromatic heterocycles. The number of rotatable bonds is 3. The van der Waals surface area contributed by atoms with Crippen LogP contribution in [0.2, 0.25) is 0 Å². The van der Waals surface area contributed by atoms with Crippen LogP contribution >= 0.6 is 15.9 Å². The molecule has 6 heteroatoms. The molecule has 20 heavy (non-hydrogen) atoms. The Morgan fingerprint density at radius 3 is 2.90 bits per heavy atom. The van der Waals surface area contributed by atoms with E-state index in [1.807, 2.05) is 23.9 Å². The Kier molecular flexibility index (Phi) is 3.45. The van der Waals surface area contributed by atoms with Crippen LogP contribution in [0.1, 0.15) is 11.1 Å². The Hall–Kier alpha value is -1.87. The first-order valence-corrected chi connectivity index (χ1v) is 7.24. The molecule has 0 radical (unpaired) electrons. The molecular formula is C14H14BrN5. The van der Waals surface area contributed by atoms with Crippen molar-refractivity contribution in [3.05, 3.63) is 40.3 Å². The van der Waals surface area contributed by atoms with Crippen LogP contribution in [0.15, 0.2) is 29.1 Å². The zero-order valence-electron chi connectivity index (χ0n) is 11.1. The molecule has 0 aromatic carbocycles. The highest BCUT2D eigenvalue weighted by molar-refractivity contribution is 9.10. The molecule has 0 N–H and O–H groups in total. The summed E-state index contributed by atoms with van der Waals surface area (Å²) in [4.78, 5) is 6.50. The number of hydrogen-bond acceptors (Lipinski definition) is 4. The third-order valence-corrected chi connectivity index (χ3v) is 3.85. The average Bonchev–Trinajstić information content (AvgIpc) is 2.79. The van der Waals surface area contributed by atoms with E-state index in [0.717, 1.165) is 29.9 Å². The summed E-state index contributed by atoms with van der Waals surface area (Å²) < 4.78 is 2.82. The van der Waals surface area contributed by atoms with Crippen molar-refractivity contribution in [2.75, 3.05) is 18.0 Å². The number of aryl methyl sites for hydroxylation is 1. The van der Waals surface area contributed by atoms with Gasteiger partial charge >= 0.3 is 0 Å². The van der Waals surface area contributed by atoms with Crippen LogP contribution in [-0.2, 0) is 6.54 Å². The van der Waals surface area contributed by atoms with Gasteiger partial charge in [-0.3, -0.25) is 4.68 Å². The molecule has 0 atom stereocenters. The molecule has 0 unspecified atom stereocenters. The number of nitrogens with zero attached hydrogens (tertiary/aromatic N) is 5. The number of pyridine rings is 1. The third-order valence-electron chi connectivity index (χ3n) is 3.42. The van der Waals surface area contributed by atoms with Gasteiger partial charge in [-0.25, -0.2) is 4.98 Å². The lowest BCUT2D eigenvalue weighted by Crippen LogP contribution is -2.49. The van der Waals surface area contributed by atoms with Crippen LogP contribution in [0.4, 0.5) is 5.82 Å². The van der Waals surface area contributed by atoms with E-state index in [-0.39, 0.29) is 0 Å². The van der Waals surface area contributed by atoms with E-state index in [4.69, 9.17) is 5.26 Å². The number of hydrogen-bond donors (Lipinski definition) is 0. The molecule has 3 rings (SSSR count). The van der Waals surface area contributed by atoms with Gasteiger partial charge in [0.1, 0.15) is 11.9 Å². The Morgan fingerprint density at radius 1 is 1.45 bits per heavy atom. The van der Waals surface area contributed by atoms with Crippen LogP contribution in [0.5, 0.6) is 0 Å². The summed E-state index contributed by atoms with van der Waals surface area (Å²) >= 11 is 3.34. The van der Waals surface area contributed by atoms with Gasteiger partial charge in [0, 0.05) is 42.4 Å². The largest absolute Gasteiger partial charge is 0.355 e. The molecule has 2 aromatic rings. The van der Waals surface area contributed by atoms with Crippen molar-refractivity contribution in [3.63, 3.8) is 0 Å². The Labute approximate surface area is 126 Å². The number of nitriles is 1. The highest BCUT2D eigenvalue weighted by Crippen LogP contribution is 2.28. The van der Waals surface area contributed by atoms with Gasteiger partial charge in [-0.15, -0.1) is 0 Å². The summed E-state index contributed by atoms with van der Waals surface area (Å²) in [6, 6.07) is 4.01. The molecule has 5 nitrogen and oxygen atoms in total. The highest BCUT2D eigenvalue weighted by Gasteiger charge is 2.29. The molecular weight excluding hydrogens is 318 g/mol. The van der Waals surface area contributed by atoms with Crippen LogP contribution in [0, 0.1) is 24.2 Å².